The Morgan fingerprint density at radius 2 is 1.83 bits per heavy atom. The molecule has 1 atom stereocenters. The van der Waals surface area contributed by atoms with Gasteiger partial charge in [0.15, 0.2) is 6.04 Å². The minimum Gasteiger partial charge on any atom is -0.490 e. The van der Waals surface area contributed by atoms with Gasteiger partial charge in [-0.2, -0.15) is 0 Å². The number of esters is 1. The van der Waals surface area contributed by atoms with Gasteiger partial charge in [-0.05, 0) is 68.5 Å². The average Bonchev–Trinajstić information content (AvgIpc) is 2.68. The predicted molar refractivity (Wildman–Crippen MR) is 126 cm³/mol. The molecular weight excluding hydrogens is 422 g/mol. The molecule has 2 rings (SSSR count). The van der Waals surface area contributed by atoms with Gasteiger partial charge < -0.3 is 20.5 Å². The second-order valence-electron chi connectivity index (χ2n) is 6.63. The summed E-state index contributed by atoms with van der Waals surface area (Å²) >= 11 is 1.67. The van der Waals surface area contributed by atoms with E-state index in [9.17, 15) is 4.79 Å². The molecule has 6 nitrogen and oxygen atoms in total. The fourth-order valence-corrected chi connectivity index (χ4v) is 3.53. The number of rotatable bonds is 10. The summed E-state index contributed by atoms with van der Waals surface area (Å²) in [5.41, 5.74) is 7.67. The third-order valence-corrected chi connectivity index (χ3v) is 4.91. The molecule has 0 fully saturated rings. The summed E-state index contributed by atoms with van der Waals surface area (Å²) in [5, 5.41) is 10.7. The summed E-state index contributed by atoms with van der Waals surface area (Å²) in [4.78, 5) is 13.7. The molecular formula is C22H30ClN3O3S. The van der Waals surface area contributed by atoms with Crippen molar-refractivity contribution in [1.29, 1.82) is 5.41 Å². The van der Waals surface area contributed by atoms with E-state index in [1.54, 1.807) is 43.0 Å². The van der Waals surface area contributed by atoms with E-state index in [1.165, 1.54) is 0 Å². The Bertz CT molecular complexity index is 844. The van der Waals surface area contributed by atoms with Crippen molar-refractivity contribution in [1.82, 2.24) is 0 Å². The molecule has 8 heteroatoms. The van der Waals surface area contributed by atoms with Gasteiger partial charge in [0.05, 0.1) is 12.7 Å². The Kier molecular flexibility index (Phi) is 10.6. The van der Waals surface area contributed by atoms with Crippen molar-refractivity contribution < 1.29 is 14.3 Å². The van der Waals surface area contributed by atoms with Crippen molar-refractivity contribution in [2.24, 2.45) is 5.73 Å². The summed E-state index contributed by atoms with van der Waals surface area (Å²) in [6, 6.07) is 12.2. The zero-order chi connectivity index (χ0) is 21.4. The van der Waals surface area contributed by atoms with E-state index in [0.29, 0.717) is 12.2 Å². The average molecular weight is 452 g/mol. The van der Waals surface area contributed by atoms with Crippen LogP contribution in [-0.2, 0) is 9.53 Å². The number of benzene rings is 2. The number of ether oxygens (including phenoxy) is 2. The largest absolute Gasteiger partial charge is 0.490 e. The van der Waals surface area contributed by atoms with Crippen molar-refractivity contribution in [3.05, 3.63) is 53.6 Å². The molecule has 0 aliphatic rings. The van der Waals surface area contributed by atoms with Gasteiger partial charge in [0, 0.05) is 16.1 Å². The van der Waals surface area contributed by atoms with Gasteiger partial charge in [0.25, 0.3) is 0 Å². The van der Waals surface area contributed by atoms with E-state index in [0.717, 1.165) is 27.6 Å². The number of amidine groups is 1. The molecule has 4 N–H and O–H groups in total. The van der Waals surface area contributed by atoms with Gasteiger partial charge >= 0.3 is 5.97 Å². The maximum Gasteiger partial charge on any atom is 0.333 e. The number of nitrogens with two attached hydrogens (primary N) is 1. The fraction of sp³-hybridized carbons (Fsp3) is 0.364. The summed E-state index contributed by atoms with van der Waals surface area (Å²) < 4.78 is 11.2. The highest BCUT2D eigenvalue weighted by Gasteiger charge is 2.23. The lowest BCUT2D eigenvalue weighted by Crippen LogP contribution is -2.23. The molecule has 0 aliphatic carbocycles. The molecule has 1 unspecified atom stereocenters. The molecule has 0 aliphatic heterocycles. The molecule has 0 spiro atoms. The van der Waals surface area contributed by atoms with Gasteiger partial charge in [-0.15, -0.1) is 24.2 Å². The Morgan fingerprint density at radius 1 is 1.17 bits per heavy atom. The van der Waals surface area contributed by atoms with Crippen LogP contribution in [0.2, 0.25) is 0 Å². The lowest BCUT2D eigenvalue weighted by atomic mass is 10.1. The molecule has 0 amide bonds. The maximum absolute atomic E-state index is 12.7. The van der Waals surface area contributed by atoms with Gasteiger partial charge in [-0.3, -0.25) is 5.41 Å². The Hall–Kier alpha value is -2.38. The lowest BCUT2D eigenvalue weighted by molar-refractivity contribution is -0.144. The molecule has 0 saturated heterocycles. The van der Waals surface area contributed by atoms with E-state index < -0.39 is 6.04 Å². The van der Waals surface area contributed by atoms with Crippen LogP contribution < -0.4 is 15.8 Å². The van der Waals surface area contributed by atoms with Crippen LogP contribution in [0.5, 0.6) is 5.75 Å². The number of hydrogen-bond donors (Lipinski definition) is 3. The normalized spacial score (nSPS) is 11.4. The Morgan fingerprint density at radius 3 is 2.37 bits per heavy atom. The third-order valence-electron chi connectivity index (χ3n) is 3.99. The van der Waals surface area contributed by atoms with Crippen LogP contribution in [0.15, 0.2) is 47.4 Å². The van der Waals surface area contributed by atoms with Crippen LogP contribution in [0, 0.1) is 5.41 Å². The molecule has 0 aromatic heterocycles. The zero-order valence-corrected chi connectivity index (χ0v) is 19.4. The summed E-state index contributed by atoms with van der Waals surface area (Å²) in [7, 11) is 0. The van der Waals surface area contributed by atoms with Crippen molar-refractivity contribution in [2.75, 3.05) is 17.7 Å². The van der Waals surface area contributed by atoms with Crippen LogP contribution in [0.25, 0.3) is 0 Å². The molecule has 2 aromatic carbocycles. The number of halogens is 1. The first-order valence-electron chi connectivity index (χ1n) is 9.66. The Balaban J connectivity index is 0.00000450. The minimum atomic E-state index is -0.664. The van der Waals surface area contributed by atoms with Gasteiger partial charge in [-0.25, -0.2) is 4.79 Å². The number of nitrogens with one attached hydrogen (secondary N) is 2. The van der Waals surface area contributed by atoms with Crippen LogP contribution in [0.3, 0.4) is 0 Å². The maximum atomic E-state index is 12.7. The van der Waals surface area contributed by atoms with Crippen molar-refractivity contribution in [2.45, 2.75) is 44.7 Å². The molecule has 0 bridgehead atoms. The minimum absolute atomic E-state index is 0. The van der Waals surface area contributed by atoms with Gasteiger partial charge in [-0.1, -0.05) is 13.0 Å². The van der Waals surface area contributed by atoms with Crippen molar-refractivity contribution in [3.8, 4) is 5.75 Å². The predicted octanol–water partition coefficient (Wildman–Crippen LogP) is 5.01. The van der Waals surface area contributed by atoms with E-state index in [4.69, 9.17) is 20.6 Å². The highest BCUT2D eigenvalue weighted by molar-refractivity contribution is 7.99. The third kappa shape index (κ3) is 7.15. The van der Waals surface area contributed by atoms with Gasteiger partial charge in [0.1, 0.15) is 11.6 Å². The number of hydrogen-bond acceptors (Lipinski definition) is 6. The first kappa shape index (κ1) is 25.7. The topological polar surface area (TPSA) is 97.4 Å². The van der Waals surface area contributed by atoms with Gasteiger partial charge in [0.2, 0.25) is 0 Å². The highest BCUT2D eigenvalue weighted by Crippen LogP contribution is 2.34. The van der Waals surface area contributed by atoms with Crippen molar-refractivity contribution in [3.63, 3.8) is 0 Å². The van der Waals surface area contributed by atoms with E-state index in [2.05, 4.69) is 12.2 Å². The quantitative estimate of drug-likeness (QED) is 0.203. The smallest absolute Gasteiger partial charge is 0.333 e. The van der Waals surface area contributed by atoms with Crippen molar-refractivity contribution >= 4 is 41.7 Å². The number of carbonyl (C=O) groups excluding carboxylic acids is 1. The highest BCUT2D eigenvalue weighted by atomic mass is 35.5. The van der Waals surface area contributed by atoms with Crippen LogP contribution >= 0.6 is 24.2 Å². The fourth-order valence-electron chi connectivity index (χ4n) is 2.74. The number of carbonyl (C=O) groups is 1. The van der Waals surface area contributed by atoms with E-state index in [-0.39, 0.29) is 30.3 Å². The zero-order valence-electron chi connectivity index (χ0n) is 17.7. The second-order valence-corrected chi connectivity index (χ2v) is 7.93. The van der Waals surface area contributed by atoms with E-state index in [1.807, 2.05) is 32.0 Å². The summed E-state index contributed by atoms with van der Waals surface area (Å²) in [5.74, 6) is 1.35. The molecule has 0 heterocycles. The van der Waals surface area contributed by atoms with Crippen LogP contribution in [0.4, 0.5) is 5.69 Å². The summed E-state index contributed by atoms with van der Waals surface area (Å²) in [6.07, 6.45) is 0.0656. The molecule has 0 radical (unpaired) electrons. The second kappa shape index (κ2) is 12.3. The SMILES string of the molecule is CCOC(=O)C(Nc1ccc(C(=N)N)cc1)c1ccc(OC(C)C)c(SCC)c1.Cl. The molecule has 30 heavy (non-hydrogen) atoms. The molecule has 2 aromatic rings. The van der Waals surface area contributed by atoms with Crippen LogP contribution in [0.1, 0.15) is 44.9 Å². The first-order valence-corrected chi connectivity index (χ1v) is 10.6. The summed E-state index contributed by atoms with van der Waals surface area (Å²) in [6.45, 7) is 8.14. The number of nitrogen functional groups attached to an aromatic ring is 1. The molecule has 164 valence electrons. The number of thioether (sulfide) groups is 1. The Labute approximate surface area is 188 Å². The standard InChI is InChI=1S/C22H29N3O3S.ClH/c1-5-27-22(26)20(25-17-10-7-15(8-11-17)21(23)24)16-9-12-18(28-14(3)4)19(13-16)29-6-2;/h7-14,20,25H,5-6H2,1-4H3,(H3,23,24);1H. The van der Waals surface area contributed by atoms with E-state index >= 15 is 0 Å². The molecule has 0 saturated carbocycles. The monoisotopic (exact) mass is 451 g/mol. The van der Waals surface area contributed by atoms with Crippen LogP contribution in [-0.4, -0.2) is 30.3 Å². The number of anilines is 1. The first-order chi connectivity index (χ1) is 13.8. The lowest BCUT2D eigenvalue weighted by Gasteiger charge is -2.21.